The normalized spacial score (nSPS) is 9.91. The number of oxime groups is 1. The molecule has 0 aromatic rings. The molecule has 0 saturated carbocycles. The quantitative estimate of drug-likeness (QED) is 0.195. The fraction of sp³-hybridized carbons (Fsp3) is 0.167. The predicted octanol–water partition coefficient (Wildman–Crippen LogP) is 0.00455. The van der Waals surface area contributed by atoms with E-state index in [1.54, 1.807) is 6.07 Å². The van der Waals surface area contributed by atoms with Crippen molar-refractivity contribution >= 4 is 11.5 Å². The molecule has 0 amide bonds. The van der Waals surface area contributed by atoms with Crippen LogP contribution in [0.5, 0.6) is 0 Å². The molecule has 11 heavy (non-hydrogen) atoms. The first kappa shape index (κ1) is 9.17. The lowest BCUT2D eigenvalue weighted by Crippen LogP contribution is -2.21. The Morgan fingerprint density at radius 1 is 1.91 bits per heavy atom. The van der Waals surface area contributed by atoms with Crippen LogP contribution in [0.1, 0.15) is 0 Å². The summed E-state index contributed by atoms with van der Waals surface area (Å²) in [6, 6.07) is 1.60. The molecule has 0 saturated heterocycles. The minimum Gasteiger partial charge on any atom is -0.390 e. The van der Waals surface area contributed by atoms with Crippen LogP contribution in [0.25, 0.3) is 0 Å². The van der Waals surface area contributed by atoms with Crippen LogP contribution in [0.3, 0.4) is 0 Å². The highest BCUT2D eigenvalue weighted by Crippen LogP contribution is 1.80. The van der Waals surface area contributed by atoms with Crippen molar-refractivity contribution in [2.45, 2.75) is 0 Å². The SMILES string of the molecule is C=CCO/N=C(\C#N)C(=N)N. The number of nitriles is 1. The van der Waals surface area contributed by atoms with Crippen LogP contribution in [0, 0.1) is 16.7 Å². The van der Waals surface area contributed by atoms with Gasteiger partial charge in [-0.2, -0.15) is 5.26 Å². The van der Waals surface area contributed by atoms with Gasteiger partial charge in [-0.3, -0.25) is 5.41 Å². The molecule has 0 atom stereocenters. The Morgan fingerprint density at radius 3 is 2.91 bits per heavy atom. The van der Waals surface area contributed by atoms with Crippen molar-refractivity contribution in [2.24, 2.45) is 10.9 Å². The summed E-state index contributed by atoms with van der Waals surface area (Å²) in [5.74, 6) is -0.406. The van der Waals surface area contributed by atoms with E-state index in [1.807, 2.05) is 0 Å². The van der Waals surface area contributed by atoms with Crippen molar-refractivity contribution in [1.29, 1.82) is 10.7 Å². The molecule has 0 fully saturated rings. The number of hydrogen-bond acceptors (Lipinski definition) is 4. The molecular weight excluding hydrogens is 144 g/mol. The second-order valence-electron chi connectivity index (χ2n) is 1.55. The Morgan fingerprint density at radius 2 is 2.55 bits per heavy atom. The lowest BCUT2D eigenvalue weighted by molar-refractivity contribution is 0.176. The molecule has 5 nitrogen and oxygen atoms in total. The average molecular weight is 152 g/mol. The molecule has 0 rings (SSSR count). The van der Waals surface area contributed by atoms with Crippen molar-refractivity contribution < 1.29 is 4.84 Å². The van der Waals surface area contributed by atoms with E-state index in [1.165, 1.54) is 6.08 Å². The number of rotatable bonds is 4. The number of nitrogens with zero attached hydrogens (tertiary/aromatic N) is 2. The largest absolute Gasteiger partial charge is 0.390 e. The zero-order valence-corrected chi connectivity index (χ0v) is 5.87. The zero-order chi connectivity index (χ0) is 8.69. The number of amidine groups is 1. The Bertz CT molecular complexity index is 225. The van der Waals surface area contributed by atoms with Gasteiger partial charge in [0.15, 0.2) is 5.84 Å². The van der Waals surface area contributed by atoms with Crippen LogP contribution in [-0.2, 0) is 4.84 Å². The van der Waals surface area contributed by atoms with Crippen LogP contribution in [0.4, 0.5) is 0 Å². The van der Waals surface area contributed by atoms with Crippen LogP contribution in [-0.4, -0.2) is 18.2 Å². The smallest absolute Gasteiger partial charge is 0.220 e. The number of nitrogens with one attached hydrogen (secondary N) is 1. The minimum absolute atomic E-state index is 0.193. The molecule has 3 N–H and O–H groups in total. The first-order chi connectivity index (χ1) is 5.22. The zero-order valence-electron chi connectivity index (χ0n) is 5.87. The van der Waals surface area contributed by atoms with Gasteiger partial charge in [0, 0.05) is 0 Å². The van der Waals surface area contributed by atoms with E-state index in [0.717, 1.165) is 0 Å². The highest BCUT2D eigenvalue weighted by atomic mass is 16.6. The standard InChI is InChI=1S/C6H8N4O/c1-2-3-11-10-5(4-7)6(8)9/h2H,1,3H2,(H3,8,9)/b10-5+. The maximum absolute atomic E-state index is 8.29. The van der Waals surface area contributed by atoms with Gasteiger partial charge in [-0.15, -0.1) is 0 Å². The summed E-state index contributed by atoms with van der Waals surface area (Å²) in [7, 11) is 0. The monoisotopic (exact) mass is 152 g/mol. The summed E-state index contributed by atoms with van der Waals surface area (Å²) in [6.45, 7) is 3.56. The molecule has 0 spiro atoms. The van der Waals surface area contributed by atoms with Gasteiger partial charge < -0.3 is 10.6 Å². The van der Waals surface area contributed by atoms with E-state index in [-0.39, 0.29) is 12.3 Å². The van der Waals surface area contributed by atoms with Crippen LogP contribution >= 0.6 is 0 Å². The van der Waals surface area contributed by atoms with E-state index in [2.05, 4.69) is 16.6 Å². The number of nitrogens with two attached hydrogens (primary N) is 1. The Labute approximate surface area is 64.3 Å². The second kappa shape index (κ2) is 4.99. The third kappa shape index (κ3) is 3.70. The van der Waals surface area contributed by atoms with Crippen LogP contribution in [0.2, 0.25) is 0 Å². The van der Waals surface area contributed by atoms with Crippen molar-refractivity contribution in [3.8, 4) is 6.07 Å². The molecule has 0 aromatic heterocycles. The predicted molar refractivity (Wildman–Crippen MR) is 41.1 cm³/mol. The summed E-state index contributed by atoms with van der Waals surface area (Å²) in [5, 5.41) is 18.4. The molecule has 0 radical (unpaired) electrons. The maximum Gasteiger partial charge on any atom is 0.220 e. The van der Waals surface area contributed by atoms with Gasteiger partial charge in [0.2, 0.25) is 5.71 Å². The van der Waals surface area contributed by atoms with E-state index < -0.39 is 5.84 Å². The van der Waals surface area contributed by atoms with Gasteiger partial charge >= 0.3 is 0 Å². The highest BCUT2D eigenvalue weighted by molar-refractivity contribution is 6.45. The van der Waals surface area contributed by atoms with E-state index in [9.17, 15) is 0 Å². The van der Waals surface area contributed by atoms with E-state index in [0.29, 0.717) is 0 Å². The van der Waals surface area contributed by atoms with Gasteiger partial charge in [0.05, 0.1) is 0 Å². The van der Waals surface area contributed by atoms with E-state index >= 15 is 0 Å². The van der Waals surface area contributed by atoms with Gasteiger partial charge in [0.1, 0.15) is 12.7 Å². The molecule has 0 heterocycles. The molecule has 0 aromatic carbocycles. The topological polar surface area (TPSA) is 95.2 Å². The molecule has 0 bridgehead atoms. The summed E-state index contributed by atoms with van der Waals surface area (Å²) < 4.78 is 0. The van der Waals surface area contributed by atoms with Crippen molar-refractivity contribution in [3.05, 3.63) is 12.7 Å². The van der Waals surface area contributed by atoms with E-state index in [4.69, 9.17) is 16.4 Å². The van der Waals surface area contributed by atoms with Crippen molar-refractivity contribution in [3.63, 3.8) is 0 Å². The minimum atomic E-state index is -0.406. The van der Waals surface area contributed by atoms with Gasteiger partial charge in [-0.25, -0.2) is 0 Å². The third-order valence-corrected chi connectivity index (χ3v) is 0.709. The summed E-state index contributed by atoms with van der Waals surface area (Å²) in [6.07, 6.45) is 1.47. The lowest BCUT2D eigenvalue weighted by atomic mass is 10.4. The molecule has 0 aliphatic carbocycles. The lowest BCUT2D eigenvalue weighted by Gasteiger charge is -1.93. The van der Waals surface area contributed by atoms with Crippen molar-refractivity contribution in [1.82, 2.24) is 0 Å². The van der Waals surface area contributed by atoms with Crippen molar-refractivity contribution in [2.75, 3.05) is 6.61 Å². The third-order valence-electron chi connectivity index (χ3n) is 0.709. The van der Waals surface area contributed by atoms with Crippen LogP contribution < -0.4 is 5.73 Å². The molecule has 0 unspecified atom stereocenters. The summed E-state index contributed by atoms with van der Waals surface area (Å²) in [5.41, 5.74) is 4.72. The number of hydrogen-bond donors (Lipinski definition) is 2. The Kier molecular flexibility index (Phi) is 4.16. The molecule has 5 heteroatoms. The van der Waals surface area contributed by atoms with Gasteiger partial charge in [-0.1, -0.05) is 17.8 Å². The molecule has 0 aliphatic rings. The highest BCUT2D eigenvalue weighted by Gasteiger charge is 1.99. The molecular formula is C6H8N4O. The van der Waals surface area contributed by atoms with Crippen LogP contribution in [0.15, 0.2) is 17.8 Å². The fourth-order valence-electron chi connectivity index (χ4n) is 0.284. The maximum atomic E-state index is 8.29. The fourth-order valence-corrected chi connectivity index (χ4v) is 0.284. The molecule has 58 valence electrons. The first-order valence-corrected chi connectivity index (χ1v) is 2.77. The average Bonchev–Trinajstić information content (AvgIpc) is 1.97. The van der Waals surface area contributed by atoms with Gasteiger partial charge in [-0.05, 0) is 0 Å². The summed E-state index contributed by atoms with van der Waals surface area (Å²) in [4.78, 5) is 4.52. The molecule has 0 aliphatic heterocycles. The Balaban J connectivity index is 4.04. The summed E-state index contributed by atoms with van der Waals surface area (Å²) >= 11 is 0. The first-order valence-electron chi connectivity index (χ1n) is 2.77. The second-order valence-corrected chi connectivity index (χ2v) is 1.55. The Hall–Kier alpha value is -1.83. The van der Waals surface area contributed by atoms with Gasteiger partial charge in [0.25, 0.3) is 0 Å².